The quantitative estimate of drug-likeness (QED) is 0.355. The van der Waals surface area contributed by atoms with E-state index in [1.165, 1.54) is 0 Å². The van der Waals surface area contributed by atoms with Crippen LogP contribution in [0.3, 0.4) is 0 Å². The summed E-state index contributed by atoms with van der Waals surface area (Å²) in [5.41, 5.74) is 5.15. The Labute approximate surface area is 203 Å². The van der Waals surface area contributed by atoms with Gasteiger partial charge < -0.3 is 25.5 Å². The van der Waals surface area contributed by atoms with E-state index in [-0.39, 0.29) is 18.9 Å². The van der Waals surface area contributed by atoms with Crippen molar-refractivity contribution in [2.45, 2.75) is 44.2 Å². The van der Waals surface area contributed by atoms with E-state index >= 15 is 0 Å². The average molecular weight is 476 g/mol. The van der Waals surface area contributed by atoms with Crippen LogP contribution >= 0.6 is 0 Å². The van der Waals surface area contributed by atoms with Crippen molar-refractivity contribution in [2.75, 3.05) is 6.61 Å². The first-order valence-electron chi connectivity index (χ1n) is 11.7. The molecule has 1 unspecified atom stereocenters. The van der Waals surface area contributed by atoms with E-state index in [0.29, 0.717) is 12.8 Å². The summed E-state index contributed by atoms with van der Waals surface area (Å²) in [4.78, 5) is 40.2. The highest BCUT2D eigenvalue weighted by Crippen LogP contribution is 2.44. The highest BCUT2D eigenvalue weighted by molar-refractivity contribution is 5.89. The number of alkyl carbamates (subject to hydrolysis) is 1. The van der Waals surface area contributed by atoms with E-state index in [1.807, 2.05) is 43.3 Å². The lowest BCUT2D eigenvalue weighted by molar-refractivity contribution is -0.142. The lowest BCUT2D eigenvalue weighted by Gasteiger charge is -2.21. The van der Waals surface area contributed by atoms with E-state index < -0.39 is 30.1 Å². The summed E-state index contributed by atoms with van der Waals surface area (Å²) >= 11 is 0. The van der Waals surface area contributed by atoms with Crippen molar-refractivity contribution in [1.29, 1.82) is 0 Å². The zero-order chi connectivity index (χ0) is 24.8. The van der Waals surface area contributed by atoms with E-state index in [2.05, 4.69) is 27.8 Å². The second kappa shape index (κ2) is 10.9. The van der Waals surface area contributed by atoms with Gasteiger partial charge in [0.05, 0.1) is 0 Å². The van der Waals surface area contributed by atoms with Gasteiger partial charge in [0.25, 0.3) is 0 Å². The molecule has 0 fully saturated rings. The van der Waals surface area contributed by atoms with Gasteiger partial charge in [-0.1, -0.05) is 61.9 Å². The van der Waals surface area contributed by atoms with Crippen molar-refractivity contribution in [3.8, 4) is 11.1 Å². The fourth-order valence-electron chi connectivity index (χ4n) is 4.52. The Hall–Kier alpha value is -4.07. The van der Waals surface area contributed by atoms with Crippen molar-refractivity contribution < 1.29 is 24.2 Å². The summed E-state index contributed by atoms with van der Waals surface area (Å²) in [7, 11) is 0. The normalized spacial score (nSPS) is 13.9. The minimum Gasteiger partial charge on any atom is -0.480 e. The van der Waals surface area contributed by atoms with Gasteiger partial charge in [0.15, 0.2) is 0 Å². The Kier molecular flexibility index (Phi) is 7.50. The van der Waals surface area contributed by atoms with Crippen LogP contribution in [-0.2, 0) is 20.7 Å². The van der Waals surface area contributed by atoms with E-state index in [9.17, 15) is 19.5 Å². The fourth-order valence-corrected chi connectivity index (χ4v) is 4.52. The van der Waals surface area contributed by atoms with Crippen molar-refractivity contribution in [1.82, 2.24) is 15.6 Å². The number of amides is 2. The van der Waals surface area contributed by atoms with Crippen LogP contribution in [0.1, 0.15) is 42.5 Å². The third kappa shape index (κ3) is 5.54. The van der Waals surface area contributed by atoms with Crippen molar-refractivity contribution in [3.05, 3.63) is 83.7 Å². The number of nitrogens with one attached hydrogen (secondary N) is 3. The standard InChI is InChI=1S/C27H29N3O5/c1-2-8-23(26(32)33)29-25(31)24(15-17-9-7-14-28-17)30-27(34)35-16-22-20-12-5-3-10-18(20)19-11-4-6-13-21(19)22/h3-7,9-14,22-24,28H,2,8,15-16H2,1H3,(H,29,31)(H,30,34)(H,32,33)/t23-,24?/m1/s1. The number of carboxylic acids is 1. The predicted molar refractivity (Wildman–Crippen MR) is 131 cm³/mol. The topological polar surface area (TPSA) is 121 Å². The number of aromatic amines is 1. The lowest BCUT2D eigenvalue weighted by atomic mass is 9.98. The van der Waals surface area contributed by atoms with E-state index in [0.717, 1.165) is 27.9 Å². The number of carbonyl (C=O) groups is 3. The van der Waals surface area contributed by atoms with Crippen LogP contribution in [0.15, 0.2) is 66.9 Å². The molecule has 1 aromatic heterocycles. The van der Waals surface area contributed by atoms with Gasteiger partial charge in [-0.2, -0.15) is 0 Å². The highest BCUT2D eigenvalue weighted by Gasteiger charge is 2.30. The molecule has 3 aromatic rings. The summed E-state index contributed by atoms with van der Waals surface area (Å²) in [5.74, 6) is -1.79. The minimum atomic E-state index is -1.11. The van der Waals surface area contributed by atoms with Crippen LogP contribution in [0.25, 0.3) is 11.1 Å². The van der Waals surface area contributed by atoms with Crippen LogP contribution in [0.4, 0.5) is 4.79 Å². The van der Waals surface area contributed by atoms with Gasteiger partial charge in [-0.3, -0.25) is 4.79 Å². The van der Waals surface area contributed by atoms with Crippen LogP contribution in [0, 0.1) is 0 Å². The molecule has 1 aliphatic rings. The van der Waals surface area contributed by atoms with Gasteiger partial charge in [0, 0.05) is 24.2 Å². The zero-order valence-corrected chi connectivity index (χ0v) is 19.5. The molecule has 4 rings (SSSR count). The molecule has 35 heavy (non-hydrogen) atoms. The second-order valence-corrected chi connectivity index (χ2v) is 8.61. The second-order valence-electron chi connectivity index (χ2n) is 8.61. The Bertz CT molecular complexity index is 1150. The predicted octanol–water partition coefficient (Wildman–Crippen LogP) is 3.83. The molecular formula is C27H29N3O5. The maximum Gasteiger partial charge on any atom is 0.407 e. The van der Waals surface area contributed by atoms with E-state index in [4.69, 9.17) is 4.74 Å². The van der Waals surface area contributed by atoms with Gasteiger partial charge in [-0.15, -0.1) is 0 Å². The molecule has 0 aliphatic heterocycles. The number of carboxylic acid groups (broad SMARTS) is 1. The molecule has 2 amide bonds. The van der Waals surface area contributed by atoms with Crippen molar-refractivity contribution in [3.63, 3.8) is 0 Å². The number of fused-ring (bicyclic) bond motifs is 3. The van der Waals surface area contributed by atoms with E-state index in [1.54, 1.807) is 18.3 Å². The number of ether oxygens (including phenoxy) is 1. The third-order valence-corrected chi connectivity index (χ3v) is 6.23. The fraction of sp³-hybridized carbons (Fsp3) is 0.296. The monoisotopic (exact) mass is 475 g/mol. The smallest absolute Gasteiger partial charge is 0.407 e. The van der Waals surface area contributed by atoms with Gasteiger partial charge in [-0.05, 0) is 40.8 Å². The Morgan fingerprint density at radius 2 is 1.60 bits per heavy atom. The Balaban J connectivity index is 1.44. The molecule has 8 nitrogen and oxygen atoms in total. The molecule has 0 radical (unpaired) electrons. The summed E-state index contributed by atoms with van der Waals surface area (Å²) in [6.45, 7) is 1.96. The number of benzene rings is 2. The SMILES string of the molecule is CCC[C@@H](NC(=O)C(Cc1ccc[nH]1)NC(=O)OCC1c2ccccc2-c2ccccc21)C(=O)O. The molecule has 1 heterocycles. The van der Waals surface area contributed by atoms with Gasteiger partial charge in [0.2, 0.25) is 5.91 Å². The molecule has 0 bridgehead atoms. The first-order chi connectivity index (χ1) is 17.0. The molecule has 2 aromatic carbocycles. The summed E-state index contributed by atoms with van der Waals surface area (Å²) in [6.07, 6.45) is 2.04. The molecule has 0 saturated heterocycles. The molecule has 8 heteroatoms. The van der Waals surface area contributed by atoms with Crippen molar-refractivity contribution >= 4 is 18.0 Å². The van der Waals surface area contributed by atoms with Gasteiger partial charge >= 0.3 is 12.1 Å². The number of hydrogen-bond donors (Lipinski definition) is 4. The first kappa shape index (κ1) is 24.1. The number of hydrogen-bond acceptors (Lipinski definition) is 4. The van der Waals surface area contributed by atoms with Crippen LogP contribution in [0.2, 0.25) is 0 Å². The van der Waals surface area contributed by atoms with Crippen LogP contribution in [0.5, 0.6) is 0 Å². The number of aromatic nitrogens is 1. The maximum absolute atomic E-state index is 12.9. The number of rotatable bonds is 10. The molecule has 0 spiro atoms. The Morgan fingerprint density at radius 3 is 2.17 bits per heavy atom. The first-order valence-corrected chi connectivity index (χ1v) is 11.7. The lowest BCUT2D eigenvalue weighted by Crippen LogP contribution is -2.52. The minimum absolute atomic E-state index is 0.107. The largest absolute Gasteiger partial charge is 0.480 e. The highest BCUT2D eigenvalue weighted by atomic mass is 16.5. The number of H-pyrrole nitrogens is 1. The van der Waals surface area contributed by atoms with Crippen LogP contribution < -0.4 is 10.6 Å². The molecule has 0 saturated carbocycles. The molecular weight excluding hydrogens is 446 g/mol. The van der Waals surface area contributed by atoms with Gasteiger partial charge in [0.1, 0.15) is 18.7 Å². The maximum atomic E-state index is 12.9. The molecule has 2 atom stereocenters. The molecule has 182 valence electrons. The van der Waals surface area contributed by atoms with Crippen molar-refractivity contribution in [2.24, 2.45) is 0 Å². The van der Waals surface area contributed by atoms with Crippen LogP contribution in [-0.4, -0.2) is 46.8 Å². The van der Waals surface area contributed by atoms with Gasteiger partial charge in [-0.25, -0.2) is 9.59 Å². The Morgan fingerprint density at radius 1 is 0.943 bits per heavy atom. The summed E-state index contributed by atoms with van der Waals surface area (Å²) < 4.78 is 5.58. The summed E-state index contributed by atoms with van der Waals surface area (Å²) in [6, 6.07) is 17.6. The molecule has 1 aliphatic carbocycles. The zero-order valence-electron chi connectivity index (χ0n) is 19.5. The number of carbonyl (C=O) groups excluding carboxylic acids is 2. The number of aliphatic carboxylic acids is 1. The summed E-state index contributed by atoms with van der Waals surface area (Å²) in [5, 5.41) is 14.6. The third-order valence-electron chi connectivity index (χ3n) is 6.23. The molecule has 4 N–H and O–H groups in total. The average Bonchev–Trinajstić information content (AvgIpc) is 3.48.